The van der Waals surface area contributed by atoms with Crippen LogP contribution in [0.15, 0.2) is 28.7 Å². The smallest absolute Gasteiger partial charge is 0.310 e. The first kappa shape index (κ1) is 14.1. The van der Waals surface area contributed by atoms with Gasteiger partial charge in [0.15, 0.2) is 0 Å². The number of halogens is 4. The van der Waals surface area contributed by atoms with Gasteiger partial charge in [0.1, 0.15) is 6.61 Å². The molecule has 0 aliphatic heterocycles. The van der Waals surface area contributed by atoms with E-state index < -0.39 is 9.76 Å². The van der Waals surface area contributed by atoms with E-state index in [1.807, 2.05) is 24.3 Å². The Bertz CT molecular complexity index is 359. The fourth-order valence-corrected chi connectivity index (χ4v) is 1.41. The molecule has 0 fully saturated rings. The highest BCUT2D eigenvalue weighted by molar-refractivity contribution is 9.10. The zero-order valence-electron chi connectivity index (χ0n) is 8.05. The van der Waals surface area contributed by atoms with Crippen LogP contribution in [-0.4, -0.2) is 16.4 Å². The topological polar surface area (TPSA) is 26.3 Å². The molecular weight excluding hydrogens is 338 g/mol. The second-order valence-corrected chi connectivity index (χ2v) is 6.51. The molecule has 1 aromatic rings. The molecule has 0 aromatic heterocycles. The highest BCUT2D eigenvalue weighted by Crippen LogP contribution is 2.26. The summed E-state index contributed by atoms with van der Waals surface area (Å²) < 4.78 is 4.18. The second kappa shape index (κ2) is 6.10. The number of alkyl halides is 3. The maximum Gasteiger partial charge on any atom is 0.310 e. The molecule has 16 heavy (non-hydrogen) atoms. The summed E-state index contributed by atoms with van der Waals surface area (Å²) >= 11 is 19.6. The Kier molecular flexibility index (Phi) is 5.38. The van der Waals surface area contributed by atoms with E-state index in [9.17, 15) is 4.79 Å². The normalized spacial score (nSPS) is 11.2. The summed E-state index contributed by atoms with van der Waals surface area (Å²) in [6.07, 6.45) is 0.161. The van der Waals surface area contributed by atoms with Crippen LogP contribution in [0.4, 0.5) is 0 Å². The first-order chi connectivity index (χ1) is 7.37. The Labute approximate surface area is 117 Å². The summed E-state index contributed by atoms with van der Waals surface area (Å²) in [5.74, 6) is -0.423. The zero-order valence-corrected chi connectivity index (χ0v) is 11.9. The van der Waals surface area contributed by atoms with Crippen molar-refractivity contribution in [3.8, 4) is 0 Å². The van der Waals surface area contributed by atoms with Crippen LogP contribution in [0, 0.1) is 0 Å². The third-order valence-electron chi connectivity index (χ3n) is 1.66. The highest BCUT2D eigenvalue weighted by atomic mass is 79.9. The zero-order chi connectivity index (χ0) is 12.2. The van der Waals surface area contributed by atoms with E-state index in [-0.39, 0.29) is 13.0 Å². The molecule has 0 heterocycles. The molecule has 0 aliphatic carbocycles. The molecule has 6 heteroatoms. The third kappa shape index (κ3) is 5.94. The van der Waals surface area contributed by atoms with Gasteiger partial charge in [-0.15, -0.1) is 0 Å². The number of rotatable bonds is 3. The number of hydrogen-bond acceptors (Lipinski definition) is 2. The van der Waals surface area contributed by atoms with Gasteiger partial charge in [0.25, 0.3) is 0 Å². The fraction of sp³-hybridized carbons (Fsp3) is 0.300. The molecule has 1 rings (SSSR count). The number of benzene rings is 1. The van der Waals surface area contributed by atoms with Crippen LogP contribution in [0.3, 0.4) is 0 Å². The summed E-state index contributed by atoms with van der Waals surface area (Å²) in [6, 6.07) is 7.33. The van der Waals surface area contributed by atoms with Gasteiger partial charge in [-0.25, -0.2) is 0 Å². The molecule has 0 amide bonds. The van der Waals surface area contributed by atoms with E-state index in [1.54, 1.807) is 0 Å². The lowest BCUT2D eigenvalue weighted by molar-refractivity contribution is -0.142. The van der Waals surface area contributed by atoms with Gasteiger partial charge in [0.2, 0.25) is 3.79 Å². The Hall–Kier alpha value is 0.0400. The Balaban J connectivity index is 2.43. The lowest BCUT2D eigenvalue weighted by Gasteiger charge is -2.11. The summed E-state index contributed by atoms with van der Waals surface area (Å²) in [4.78, 5) is 11.3. The van der Waals surface area contributed by atoms with Crippen LogP contribution in [-0.2, 0) is 16.0 Å². The minimum absolute atomic E-state index is 0.161. The summed E-state index contributed by atoms with van der Waals surface area (Å²) in [6.45, 7) is -0.243. The molecule has 0 saturated carbocycles. The molecule has 0 spiro atoms. The third-order valence-corrected chi connectivity index (χ3v) is 2.51. The fourth-order valence-electron chi connectivity index (χ4n) is 0.982. The van der Waals surface area contributed by atoms with E-state index >= 15 is 0 Å². The van der Waals surface area contributed by atoms with Crippen LogP contribution in [0.1, 0.15) is 5.56 Å². The standard InChI is InChI=1S/C10H8BrCl3O2/c11-8-3-1-7(2-4-8)5-9(15)16-6-10(12,13)14/h1-4H,5-6H2. The highest BCUT2D eigenvalue weighted by Gasteiger charge is 2.22. The van der Waals surface area contributed by atoms with Crippen LogP contribution in [0.2, 0.25) is 0 Å². The van der Waals surface area contributed by atoms with E-state index in [0.717, 1.165) is 10.0 Å². The number of esters is 1. The van der Waals surface area contributed by atoms with Crippen molar-refractivity contribution in [3.63, 3.8) is 0 Å². The lowest BCUT2D eigenvalue weighted by Crippen LogP contribution is -2.18. The van der Waals surface area contributed by atoms with Crippen molar-refractivity contribution in [2.24, 2.45) is 0 Å². The van der Waals surface area contributed by atoms with Crippen molar-refractivity contribution in [2.45, 2.75) is 10.2 Å². The largest absolute Gasteiger partial charge is 0.461 e. The van der Waals surface area contributed by atoms with E-state index in [1.165, 1.54) is 0 Å². The monoisotopic (exact) mass is 344 g/mol. The van der Waals surface area contributed by atoms with E-state index in [2.05, 4.69) is 15.9 Å². The molecule has 1 aromatic carbocycles. The van der Waals surface area contributed by atoms with Gasteiger partial charge in [-0.05, 0) is 17.7 Å². The molecule has 0 bridgehead atoms. The van der Waals surface area contributed by atoms with Gasteiger partial charge in [0.05, 0.1) is 6.42 Å². The summed E-state index contributed by atoms with van der Waals surface area (Å²) in [5, 5.41) is 0. The molecule has 0 atom stereocenters. The van der Waals surface area contributed by atoms with Crippen LogP contribution in [0.25, 0.3) is 0 Å². The molecule has 2 nitrogen and oxygen atoms in total. The summed E-state index contributed by atoms with van der Waals surface area (Å²) in [7, 11) is 0. The number of hydrogen-bond donors (Lipinski definition) is 0. The van der Waals surface area contributed by atoms with Gasteiger partial charge < -0.3 is 4.74 Å². The molecule has 0 N–H and O–H groups in total. The minimum Gasteiger partial charge on any atom is -0.461 e. The second-order valence-electron chi connectivity index (χ2n) is 3.08. The number of carbonyl (C=O) groups is 1. The van der Waals surface area contributed by atoms with Gasteiger partial charge in [-0.1, -0.05) is 62.9 Å². The van der Waals surface area contributed by atoms with Gasteiger partial charge in [-0.2, -0.15) is 0 Å². The average molecular weight is 346 g/mol. The first-order valence-corrected chi connectivity index (χ1v) is 6.26. The average Bonchev–Trinajstić information content (AvgIpc) is 2.18. The predicted octanol–water partition coefficient (Wildman–Crippen LogP) is 3.91. The van der Waals surface area contributed by atoms with Crippen molar-refractivity contribution < 1.29 is 9.53 Å². The lowest BCUT2D eigenvalue weighted by atomic mass is 10.2. The van der Waals surface area contributed by atoms with Crippen molar-refractivity contribution in [2.75, 3.05) is 6.61 Å². The van der Waals surface area contributed by atoms with Gasteiger partial charge >= 0.3 is 5.97 Å². The summed E-state index contributed by atoms with van der Waals surface area (Å²) in [5.41, 5.74) is 0.845. The minimum atomic E-state index is -1.56. The first-order valence-electron chi connectivity index (χ1n) is 4.33. The van der Waals surface area contributed by atoms with E-state index in [0.29, 0.717) is 0 Å². The molecule has 0 unspecified atom stereocenters. The number of carbonyl (C=O) groups excluding carboxylic acids is 1. The van der Waals surface area contributed by atoms with Crippen LogP contribution in [0.5, 0.6) is 0 Å². The maximum atomic E-state index is 11.3. The molecule has 0 radical (unpaired) electrons. The number of ether oxygens (including phenoxy) is 1. The van der Waals surface area contributed by atoms with Crippen molar-refractivity contribution in [3.05, 3.63) is 34.3 Å². The quantitative estimate of drug-likeness (QED) is 0.613. The Morgan fingerprint density at radius 3 is 2.31 bits per heavy atom. The Morgan fingerprint density at radius 1 is 1.25 bits per heavy atom. The van der Waals surface area contributed by atoms with Gasteiger partial charge in [0, 0.05) is 4.47 Å². The van der Waals surface area contributed by atoms with Crippen molar-refractivity contribution in [1.29, 1.82) is 0 Å². The molecular formula is C10H8BrCl3O2. The van der Waals surface area contributed by atoms with Gasteiger partial charge in [-0.3, -0.25) is 4.79 Å². The van der Waals surface area contributed by atoms with Crippen molar-refractivity contribution in [1.82, 2.24) is 0 Å². The SMILES string of the molecule is O=C(Cc1ccc(Br)cc1)OCC(Cl)(Cl)Cl. The van der Waals surface area contributed by atoms with Crippen molar-refractivity contribution >= 4 is 56.7 Å². The Morgan fingerprint density at radius 2 is 1.81 bits per heavy atom. The predicted molar refractivity (Wildman–Crippen MR) is 69.1 cm³/mol. The van der Waals surface area contributed by atoms with Crippen LogP contribution >= 0.6 is 50.7 Å². The maximum absolute atomic E-state index is 11.3. The molecule has 0 saturated heterocycles. The molecule has 0 aliphatic rings. The molecule has 88 valence electrons. The van der Waals surface area contributed by atoms with Crippen LogP contribution < -0.4 is 0 Å². The van der Waals surface area contributed by atoms with E-state index in [4.69, 9.17) is 39.5 Å².